The molecule has 0 radical (unpaired) electrons. The van der Waals surface area contributed by atoms with Crippen molar-refractivity contribution in [3.8, 4) is 0 Å². The van der Waals surface area contributed by atoms with Gasteiger partial charge in [-0.05, 0) is 38.3 Å². The molecule has 1 rings (SSSR count). The van der Waals surface area contributed by atoms with Crippen molar-refractivity contribution in [2.24, 2.45) is 0 Å². The van der Waals surface area contributed by atoms with Crippen LogP contribution in [0.5, 0.6) is 0 Å². The predicted octanol–water partition coefficient (Wildman–Crippen LogP) is 2.78. The summed E-state index contributed by atoms with van der Waals surface area (Å²) in [4.78, 5) is 0. The number of rotatable bonds is 2. The van der Waals surface area contributed by atoms with Crippen LogP contribution in [0.1, 0.15) is 37.5 Å². The van der Waals surface area contributed by atoms with E-state index in [1.807, 2.05) is 13.8 Å². The zero-order valence-electron chi connectivity index (χ0n) is 8.89. The smallest absolute Gasteiger partial charge is 0.0843 e. The molecular weight excluding hydrogens is 160 g/mol. The van der Waals surface area contributed by atoms with Crippen molar-refractivity contribution in [1.82, 2.24) is 0 Å². The van der Waals surface area contributed by atoms with E-state index in [9.17, 15) is 5.11 Å². The van der Waals surface area contributed by atoms with E-state index in [0.717, 1.165) is 12.0 Å². The summed E-state index contributed by atoms with van der Waals surface area (Å²) in [6.07, 6.45) is 0.972. The van der Waals surface area contributed by atoms with Crippen molar-refractivity contribution < 1.29 is 5.11 Å². The van der Waals surface area contributed by atoms with Gasteiger partial charge in [0.25, 0.3) is 0 Å². The van der Waals surface area contributed by atoms with Gasteiger partial charge in [-0.2, -0.15) is 0 Å². The second-order valence-electron chi connectivity index (χ2n) is 4.07. The Labute approximate surface area is 80.4 Å². The van der Waals surface area contributed by atoms with Crippen LogP contribution in [0.2, 0.25) is 0 Å². The number of benzene rings is 1. The molecule has 0 atom stereocenters. The Morgan fingerprint density at radius 3 is 2.38 bits per heavy atom. The van der Waals surface area contributed by atoms with Gasteiger partial charge in [-0.1, -0.05) is 30.7 Å². The van der Waals surface area contributed by atoms with E-state index in [-0.39, 0.29) is 0 Å². The van der Waals surface area contributed by atoms with E-state index in [0.29, 0.717) is 0 Å². The maximum Gasteiger partial charge on any atom is 0.0843 e. The van der Waals surface area contributed by atoms with Crippen LogP contribution < -0.4 is 0 Å². The van der Waals surface area contributed by atoms with Crippen molar-refractivity contribution in [2.75, 3.05) is 0 Å². The third kappa shape index (κ3) is 2.31. The lowest BCUT2D eigenvalue weighted by atomic mass is 9.90. The van der Waals surface area contributed by atoms with E-state index >= 15 is 0 Å². The highest BCUT2D eigenvalue weighted by molar-refractivity contribution is 5.35. The molecule has 0 aliphatic rings. The maximum absolute atomic E-state index is 9.93. The Bertz CT molecular complexity index is 294. The van der Waals surface area contributed by atoms with Crippen molar-refractivity contribution in [2.45, 2.75) is 39.7 Å². The number of hydrogen-bond donors (Lipinski definition) is 1. The Morgan fingerprint density at radius 2 is 1.92 bits per heavy atom. The quantitative estimate of drug-likeness (QED) is 0.738. The minimum Gasteiger partial charge on any atom is -0.386 e. The van der Waals surface area contributed by atoms with E-state index in [2.05, 4.69) is 32.0 Å². The number of aliphatic hydroxyl groups is 1. The molecule has 1 aromatic carbocycles. The number of aryl methyl sites for hydroxylation is 2. The van der Waals surface area contributed by atoms with Gasteiger partial charge in [0, 0.05) is 0 Å². The molecule has 72 valence electrons. The van der Waals surface area contributed by atoms with Crippen LogP contribution in [0.4, 0.5) is 0 Å². The summed E-state index contributed by atoms with van der Waals surface area (Å²) in [7, 11) is 0. The summed E-state index contributed by atoms with van der Waals surface area (Å²) in [6, 6.07) is 6.26. The highest BCUT2D eigenvalue weighted by Crippen LogP contribution is 2.25. The molecule has 0 unspecified atom stereocenters. The zero-order chi connectivity index (χ0) is 10.1. The van der Waals surface area contributed by atoms with Crippen LogP contribution in [-0.2, 0) is 12.0 Å². The van der Waals surface area contributed by atoms with Gasteiger partial charge in [0.15, 0.2) is 0 Å². The van der Waals surface area contributed by atoms with E-state index in [4.69, 9.17) is 0 Å². The Balaban J connectivity index is 3.24. The zero-order valence-corrected chi connectivity index (χ0v) is 8.89. The molecule has 1 aromatic rings. The molecule has 0 fully saturated rings. The van der Waals surface area contributed by atoms with Crippen LogP contribution in [0.3, 0.4) is 0 Å². The normalized spacial score (nSPS) is 11.8. The lowest BCUT2D eigenvalue weighted by Crippen LogP contribution is -2.18. The molecule has 0 bridgehead atoms. The molecule has 0 spiro atoms. The average molecular weight is 178 g/mol. The van der Waals surface area contributed by atoms with Gasteiger partial charge in [-0.25, -0.2) is 0 Å². The highest BCUT2D eigenvalue weighted by Gasteiger charge is 2.18. The fourth-order valence-corrected chi connectivity index (χ4v) is 1.57. The SMILES string of the molecule is CCc1ccc(C)cc1C(C)(C)O. The lowest BCUT2D eigenvalue weighted by Gasteiger charge is -2.21. The lowest BCUT2D eigenvalue weighted by molar-refractivity contribution is 0.0776. The van der Waals surface area contributed by atoms with Crippen molar-refractivity contribution in [3.05, 3.63) is 34.9 Å². The Hall–Kier alpha value is -0.820. The van der Waals surface area contributed by atoms with Crippen molar-refractivity contribution >= 4 is 0 Å². The Morgan fingerprint density at radius 1 is 1.31 bits per heavy atom. The monoisotopic (exact) mass is 178 g/mol. The topological polar surface area (TPSA) is 20.2 Å². The summed E-state index contributed by atoms with van der Waals surface area (Å²) < 4.78 is 0. The molecule has 1 nitrogen and oxygen atoms in total. The molecule has 0 heterocycles. The van der Waals surface area contributed by atoms with Gasteiger partial charge in [0.2, 0.25) is 0 Å². The van der Waals surface area contributed by atoms with Crippen molar-refractivity contribution in [3.63, 3.8) is 0 Å². The molecular formula is C12H18O. The van der Waals surface area contributed by atoms with Crippen LogP contribution in [0.15, 0.2) is 18.2 Å². The maximum atomic E-state index is 9.93. The summed E-state index contributed by atoms with van der Waals surface area (Å²) in [6.45, 7) is 7.83. The van der Waals surface area contributed by atoms with Crippen LogP contribution >= 0.6 is 0 Å². The molecule has 0 aliphatic heterocycles. The van der Waals surface area contributed by atoms with E-state index in [1.165, 1.54) is 11.1 Å². The van der Waals surface area contributed by atoms with Gasteiger partial charge in [-0.15, -0.1) is 0 Å². The third-order valence-corrected chi connectivity index (χ3v) is 2.31. The minimum atomic E-state index is -0.725. The van der Waals surface area contributed by atoms with Gasteiger partial charge < -0.3 is 5.11 Å². The van der Waals surface area contributed by atoms with Crippen LogP contribution in [0.25, 0.3) is 0 Å². The Kier molecular flexibility index (Phi) is 2.77. The van der Waals surface area contributed by atoms with Crippen LogP contribution in [0, 0.1) is 6.92 Å². The van der Waals surface area contributed by atoms with Gasteiger partial charge in [0.05, 0.1) is 5.60 Å². The molecule has 0 saturated carbocycles. The van der Waals surface area contributed by atoms with Crippen LogP contribution in [-0.4, -0.2) is 5.11 Å². The number of hydrogen-bond acceptors (Lipinski definition) is 1. The first-order valence-corrected chi connectivity index (χ1v) is 4.77. The molecule has 0 aromatic heterocycles. The predicted molar refractivity (Wildman–Crippen MR) is 55.8 cm³/mol. The first-order valence-electron chi connectivity index (χ1n) is 4.77. The van der Waals surface area contributed by atoms with E-state index in [1.54, 1.807) is 0 Å². The van der Waals surface area contributed by atoms with Crippen molar-refractivity contribution in [1.29, 1.82) is 0 Å². The fourth-order valence-electron chi connectivity index (χ4n) is 1.57. The first-order chi connectivity index (χ1) is 5.95. The van der Waals surface area contributed by atoms with Gasteiger partial charge in [-0.3, -0.25) is 0 Å². The summed E-state index contributed by atoms with van der Waals surface area (Å²) in [5.74, 6) is 0. The standard InChI is InChI=1S/C12H18O/c1-5-10-7-6-9(2)8-11(10)12(3,4)13/h6-8,13H,5H2,1-4H3. The van der Waals surface area contributed by atoms with Gasteiger partial charge >= 0.3 is 0 Å². The van der Waals surface area contributed by atoms with Gasteiger partial charge in [0.1, 0.15) is 0 Å². The average Bonchev–Trinajstić information content (AvgIpc) is 2.03. The highest BCUT2D eigenvalue weighted by atomic mass is 16.3. The molecule has 0 aliphatic carbocycles. The fraction of sp³-hybridized carbons (Fsp3) is 0.500. The van der Waals surface area contributed by atoms with E-state index < -0.39 is 5.60 Å². The summed E-state index contributed by atoms with van der Waals surface area (Å²) in [5.41, 5.74) is 2.76. The molecule has 0 amide bonds. The molecule has 1 heteroatoms. The minimum absolute atomic E-state index is 0.725. The second kappa shape index (κ2) is 3.51. The molecule has 13 heavy (non-hydrogen) atoms. The first kappa shape index (κ1) is 10.3. The molecule has 1 N–H and O–H groups in total. The molecule has 0 saturated heterocycles. The summed E-state index contributed by atoms with van der Waals surface area (Å²) in [5, 5.41) is 9.93. The summed E-state index contributed by atoms with van der Waals surface area (Å²) >= 11 is 0. The second-order valence-corrected chi connectivity index (χ2v) is 4.07. The third-order valence-electron chi connectivity index (χ3n) is 2.31. The largest absolute Gasteiger partial charge is 0.386 e.